The van der Waals surface area contributed by atoms with Crippen LogP contribution in [0.25, 0.3) is 10.4 Å². The molecule has 0 bridgehead atoms. The summed E-state index contributed by atoms with van der Waals surface area (Å²) in [5.74, 6) is 0.755. The van der Waals surface area contributed by atoms with E-state index in [1.807, 2.05) is 78.9 Å². The van der Waals surface area contributed by atoms with Crippen LogP contribution in [0.3, 0.4) is 0 Å². The first-order valence-corrected chi connectivity index (χ1v) is 10.2. The SMILES string of the molecule is O=C(NC(c1ccccc1)c1ccccn1)c1cc2c(s1)-c1ccccc1OC2. The van der Waals surface area contributed by atoms with Gasteiger partial charge in [0.2, 0.25) is 0 Å². The molecule has 2 aromatic carbocycles. The molecule has 5 rings (SSSR count). The van der Waals surface area contributed by atoms with Crippen molar-refractivity contribution in [3.05, 3.63) is 107 Å². The Hall–Kier alpha value is -3.44. The molecule has 5 heteroatoms. The second kappa shape index (κ2) is 7.53. The van der Waals surface area contributed by atoms with E-state index in [0.29, 0.717) is 11.5 Å². The van der Waals surface area contributed by atoms with Crippen molar-refractivity contribution in [3.63, 3.8) is 0 Å². The minimum Gasteiger partial charge on any atom is -0.488 e. The Kier molecular flexibility index (Phi) is 4.58. The number of hydrogen-bond acceptors (Lipinski definition) is 4. The molecule has 1 atom stereocenters. The van der Waals surface area contributed by atoms with Crippen LogP contribution >= 0.6 is 11.3 Å². The maximum Gasteiger partial charge on any atom is 0.262 e. The summed E-state index contributed by atoms with van der Waals surface area (Å²) in [6.07, 6.45) is 1.75. The largest absolute Gasteiger partial charge is 0.488 e. The van der Waals surface area contributed by atoms with Crippen LogP contribution in [0.2, 0.25) is 0 Å². The number of carbonyl (C=O) groups excluding carboxylic acids is 1. The van der Waals surface area contributed by atoms with E-state index in [1.165, 1.54) is 11.3 Å². The van der Waals surface area contributed by atoms with Crippen LogP contribution < -0.4 is 10.1 Å². The highest BCUT2D eigenvalue weighted by Gasteiger charge is 2.24. The number of benzene rings is 2. The van der Waals surface area contributed by atoms with E-state index in [0.717, 1.165) is 33.0 Å². The summed E-state index contributed by atoms with van der Waals surface area (Å²) in [7, 11) is 0. The molecule has 1 amide bonds. The molecular formula is C24H18N2O2S. The number of ether oxygens (including phenoxy) is 1. The molecule has 0 fully saturated rings. The first kappa shape index (κ1) is 17.6. The lowest BCUT2D eigenvalue weighted by atomic mass is 10.0. The maximum absolute atomic E-state index is 13.2. The van der Waals surface area contributed by atoms with E-state index in [9.17, 15) is 4.79 Å². The lowest BCUT2D eigenvalue weighted by molar-refractivity contribution is 0.0946. The summed E-state index contributed by atoms with van der Waals surface area (Å²) < 4.78 is 5.83. The van der Waals surface area contributed by atoms with Gasteiger partial charge in [0.15, 0.2) is 0 Å². The fourth-order valence-corrected chi connectivity index (χ4v) is 4.63. The van der Waals surface area contributed by atoms with Crippen LogP contribution in [0.5, 0.6) is 5.75 Å². The average molecular weight is 398 g/mol. The summed E-state index contributed by atoms with van der Waals surface area (Å²) in [6.45, 7) is 0.485. The zero-order valence-corrected chi connectivity index (χ0v) is 16.4. The van der Waals surface area contributed by atoms with Crippen LogP contribution in [-0.2, 0) is 6.61 Å². The minimum atomic E-state index is -0.312. The Morgan fingerprint density at radius 2 is 1.79 bits per heavy atom. The number of para-hydroxylation sites is 1. The molecule has 4 aromatic rings. The maximum atomic E-state index is 13.2. The minimum absolute atomic E-state index is 0.110. The number of aromatic nitrogens is 1. The van der Waals surface area contributed by atoms with Gasteiger partial charge in [0, 0.05) is 22.2 Å². The lowest BCUT2D eigenvalue weighted by Crippen LogP contribution is -2.29. The molecule has 142 valence electrons. The van der Waals surface area contributed by atoms with Crippen molar-refractivity contribution in [2.24, 2.45) is 0 Å². The Morgan fingerprint density at radius 1 is 1.00 bits per heavy atom. The van der Waals surface area contributed by atoms with Crippen LogP contribution in [0.15, 0.2) is 85.1 Å². The zero-order chi connectivity index (χ0) is 19.6. The molecule has 0 radical (unpaired) electrons. The van der Waals surface area contributed by atoms with Crippen LogP contribution in [-0.4, -0.2) is 10.9 Å². The smallest absolute Gasteiger partial charge is 0.262 e. The highest BCUT2D eigenvalue weighted by Crippen LogP contribution is 2.42. The molecule has 4 nitrogen and oxygen atoms in total. The van der Waals surface area contributed by atoms with Gasteiger partial charge in [-0.2, -0.15) is 0 Å². The predicted octanol–water partition coefficient (Wildman–Crippen LogP) is 5.22. The van der Waals surface area contributed by atoms with Crippen LogP contribution in [0, 0.1) is 0 Å². The fraction of sp³-hybridized carbons (Fsp3) is 0.0833. The second-order valence-corrected chi connectivity index (χ2v) is 7.87. The van der Waals surface area contributed by atoms with Gasteiger partial charge < -0.3 is 10.1 Å². The van der Waals surface area contributed by atoms with Gasteiger partial charge in [0.1, 0.15) is 12.4 Å². The van der Waals surface area contributed by atoms with Gasteiger partial charge in [-0.25, -0.2) is 0 Å². The summed E-state index contributed by atoms with van der Waals surface area (Å²) in [5, 5.41) is 3.17. The number of nitrogens with zero attached hydrogens (tertiary/aromatic N) is 1. The lowest BCUT2D eigenvalue weighted by Gasteiger charge is -2.18. The van der Waals surface area contributed by atoms with E-state index in [-0.39, 0.29) is 11.9 Å². The predicted molar refractivity (Wildman–Crippen MR) is 114 cm³/mol. The van der Waals surface area contributed by atoms with E-state index < -0.39 is 0 Å². The van der Waals surface area contributed by atoms with Gasteiger partial charge >= 0.3 is 0 Å². The Bertz CT molecular complexity index is 1120. The number of carbonyl (C=O) groups is 1. The molecule has 1 aliphatic rings. The molecule has 0 aliphatic carbocycles. The topological polar surface area (TPSA) is 51.2 Å². The molecule has 0 spiro atoms. The molecule has 29 heavy (non-hydrogen) atoms. The highest BCUT2D eigenvalue weighted by molar-refractivity contribution is 7.17. The molecule has 1 aliphatic heterocycles. The molecule has 0 saturated heterocycles. The van der Waals surface area contributed by atoms with E-state index in [4.69, 9.17) is 4.74 Å². The van der Waals surface area contributed by atoms with Gasteiger partial charge in [-0.15, -0.1) is 11.3 Å². The first-order valence-electron chi connectivity index (χ1n) is 9.41. The van der Waals surface area contributed by atoms with Crippen molar-refractivity contribution >= 4 is 17.2 Å². The normalized spacial score (nSPS) is 13.0. The van der Waals surface area contributed by atoms with Crippen molar-refractivity contribution in [3.8, 4) is 16.2 Å². The Balaban J connectivity index is 1.47. The third kappa shape index (κ3) is 3.41. The number of thiophene rings is 1. The number of nitrogens with one attached hydrogen (secondary N) is 1. The van der Waals surface area contributed by atoms with Crippen molar-refractivity contribution < 1.29 is 9.53 Å². The van der Waals surface area contributed by atoms with Crippen molar-refractivity contribution in [2.75, 3.05) is 0 Å². The molecule has 3 heterocycles. The van der Waals surface area contributed by atoms with E-state index in [1.54, 1.807) is 6.20 Å². The third-order valence-electron chi connectivity index (χ3n) is 4.94. The number of hydrogen-bond donors (Lipinski definition) is 1. The van der Waals surface area contributed by atoms with Gasteiger partial charge in [-0.1, -0.05) is 48.5 Å². The van der Waals surface area contributed by atoms with Gasteiger partial charge in [-0.3, -0.25) is 9.78 Å². The molecule has 1 N–H and O–H groups in total. The Morgan fingerprint density at radius 3 is 2.62 bits per heavy atom. The average Bonchev–Trinajstić information content (AvgIpc) is 3.24. The first-order chi connectivity index (χ1) is 14.3. The summed E-state index contributed by atoms with van der Waals surface area (Å²) in [6, 6.07) is 25.2. The summed E-state index contributed by atoms with van der Waals surface area (Å²) >= 11 is 1.51. The van der Waals surface area contributed by atoms with Gasteiger partial charge in [0.25, 0.3) is 5.91 Å². The van der Waals surface area contributed by atoms with E-state index in [2.05, 4.69) is 10.3 Å². The fourth-order valence-electron chi connectivity index (χ4n) is 3.53. The van der Waals surface area contributed by atoms with Crippen molar-refractivity contribution in [2.45, 2.75) is 12.6 Å². The third-order valence-corrected chi connectivity index (χ3v) is 6.15. The monoisotopic (exact) mass is 398 g/mol. The summed E-state index contributed by atoms with van der Waals surface area (Å²) in [4.78, 5) is 19.4. The molecule has 0 saturated carbocycles. The molecular weight excluding hydrogens is 380 g/mol. The van der Waals surface area contributed by atoms with Gasteiger partial charge in [0.05, 0.1) is 16.6 Å². The number of fused-ring (bicyclic) bond motifs is 3. The second-order valence-electron chi connectivity index (χ2n) is 6.82. The quantitative estimate of drug-likeness (QED) is 0.513. The number of rotatable bonds is 4. The van der Waals surface area contributed by atoms with Gasteiger partial charge in [-0.05, 0) is 35.9 Å². The standard InChI is InChI=1S/C24H18N2O2S/c27-24(21-14-17-15-28-20-12-5-4-10-18(20)23(17)29-21)26-22(16-8-2-1-3-9-16)19-11-6-7-13-25-19/h1-14,22H,15H2,(H,26,27). The Labute approximate surface area is 172 Å². The van der Waals surface area contributed by atoms with Crippen LogP contribution in [0.1, 0.15) is 32.5 Å². The highest BCUT2D eigenvalue weighted by atomic mass is 32.1. The van der Waals surface area contributed by atoms with Crippen LogP contribution in [0.4, 0.5) is 0 Å². The van der Waals surface area contributed by atoms with Crippen molar-refractivity contribution in [1.82, 2.24) is 10.3 Å². The van der Waals surface area contributed by atoms with Crippen molar-refractivity contribution in [1.29, 1.82) is 0 Å². The number of amides is 1. The molecule has 2 aromatic heterocycles. The molecule has 1 unspecified atom stereocenters. The zero-order valence-electron chi connectivity index (χ0n) is 15.5. The number of pyridine rings is 1. The van der Waals surface area contributed by atoms with E-state index >= 15 is 0 Å². The summed E-state index contributed by atoms with van der Waals surface area (Å²) in [5.41, 5.74) is 3.90.